The van der Waals surface area contributed by atoms with Crippen LogP contribution in [0, 0.1) is 0 Å². The molecule has 0 N–H and O–H groups in total. The lowest BCUT2D eigenvalue weighted by Gasteiger charge is -2.47. The van der Waals surface area contributed by atoms with Gasteiger partial charge in [-0.05, 0) is 40.4 Å². The van der Waals surface area contributed by atoms with Gasteiger partial charge in [0.1, 0.15) is 25.6 Å². The van der Waals surface area contributed by atoms with Gasteiger partial charge in [0.15, 0.2) is 17.1 Å². The van der Waals surface area contributed by atoms with Crippen LogP contribution in [0.2, 0.25) is 5.04 Å². The second-order valence-electron chi connectivity index (χ2n) is 12.5. The van der Waals surface area contributed by atoms with Crippen LogP contribution in [0.1, 0.15) is 40.0 Å². The Labute approximate surface area is 254 Å². The molecule has 6 rings (SSSR count). The number of nitrogens with zero attached hydrogens (tertiary/aromatic N) is 1. The van der Waals surface area contributed by atoms with Crippen LogP contribution in [0.25, 0.3) is 0 Å². The molecule has 3 heterocycles. The molecule has 1 amide bonds. The molecule has 3 aliphatic rings. The van der Waals surface area contributed by atoms with Gasteiger partial charge in [-0.1, -0.05) is 81.4 Å². The van der Waals surface area contributed by atoms with Crippen LogP contribution in [0.15, 0.2) is 78.9 Å². The summed E-state index contributed by atoms with van der Waals surface area (Å²) < 4.78 is 31.5. The highest BCUT2D eigenvalue weighted by molar-refractivity contribution is 6.99. The molecule has 0 aliphatic carbocycles. The SMILES string of the molecule is CC(C)(C)[Si](OC[C@H]1O[C@H](CC=O)CC[C@@]12CN(c1ccc3c(c1)OCCO3)C(=O)O2)(c1ccccc1)c1ccccc1. The second kappa shape index (κ2) is 11.8. The molecule has 3 aromatic carbocycles. The second-order valence-corrected chi connectivity index (χ2v) is 16.8. The largest absolute Gasteiger partial charge is 0.486 e. The third-order valence-electron chi connectivity index (χ3n) is 8.83. The normalized spacial score (nSPS) is 23.7. The Balaban J connectivity index is 1.35. The minimum absolute atomic E-state index is 0.213. The van der Waals surface area contributed by atoms with Crippen molar-refractivity contribution in [2.45, 2.75) is 62.9 Å². The highest BCUT2D eigenvalue weighted by Gasteiger charge is 2.57. The van der Waals surface area contributed by atoms with E-state index in [1.54, 1.807) is 4.90 Å². The molecule has 3 atom stereocenters. The highest BCUT2D eigenvalue weighted by Crippen LogP contribution is 2.43. The summed E-state index contributed by atoms with van der Waals surface area (Å²) >= 11 is 0. The van der Waals surface area contributed by atoms with E-state index in [0.717, 1.165) is 16.7 Å². The first kappa shape index (κ1) is 29.4. The van der Waals surface area contributed by atoms with Gasteiger partial charge in [-0.2, -0.15) is 0 Å². The van der Waals surface area contributed by atoms with Crippen LogP contribution >= 0.6 is 0 Å². The summed E-state index contributed by atoms with van der Waals surface area (Å²) in [5, 5.41) is 2.08. The van der Waals surface area contributed by atoms with E-state index in [9.17, 15) is 9.59 Å². The predicted molar refractivity (Wildman–Crippen MR) is 166 cm³/mol. The standard InChI is InChI=1S/C34H39NO7Si/c1-33(2,3)43(27-10-6-4-7-11-27,28-12-8-5-9-13-28)40-23-31-34(18-16-26(41-31)17-19-36)24-35(32(37)42-34)25-14-15-29-30(22-25)39-21-20-38-29/h4-15,19,22,26,31H,16-18,20-21,23-24H2,1-3H3/t26-,31+,34+/m0/s1. The van der Waals surface area contributed by atoms with Crippen molar-refractivity contribution in [2.75, 3.05) is 31.3 Å². The Hall–Kier alpha value is -3.66. The van der Waals surface area contributed by atoms with Gasteiger partial charge in [-0.3, -0.25) is 4.90 Å². The zero-order valence-corrected chi connectivity index (χ0v) is 26.0. The highest BCUT2D eigenvalue weighted by atomic mass is 28.4. The zero-order chi connectivity index (χ0) is 30.1. The smallest absolute Gasteiger partial charge is 0.415 e. The fourth-order valence-corrected chi connectivity index (χ4v) is 11.3. The maximum absolute atomic E-state index is 13.5. The van der Waals surface area contributed by atoms with Gasteiger partial charge in [0, 0.05) is 12.5 Å². The van der Waals surface area contributed by atoms with E-state index in [4.69, 9.17) is 23.4 Å². The minimum atomic E-state index is -2.89. The van der Waals surface area contributed by atoms with Gasteiger partial charge in [-0.15, -0.1) is 0 Å². The zero-order valence-electron chi connectivity index (χ0n) is 25.0. The van der Waals surface area contributed by atoms with Crippen molar-refractivity contribution in [1.29, 1.82) is 0 Å². The summed E-state index contributed by atoms with van der Waals surface area (Å²) in [6.45, 7) is 8.15. The molecule has 43 heavy (non-hydrogen) atoms. The Morgan fingerprint density at radius 1 is 0.953 bits per heavy atom. The molecule has 0 aromatic heterocycles. The maximum atomic E-state index is 13.5. The topological polar surface area (TPSA) is 83.5 Å². The van der Waals surface area contributed by atoms with Crippen LogP contribution in [0.3, 0.4) is 0 Å². The van der Waals surface area contributed by atoms with Crippen molar-refractivity contribution in [3.8, 4) is 11.5 Å². The van der Waals surface area contributed by atoms with Crippen LogP contribution in [-0.4, -0.2) is 64.9 Å². The van der Waals surface area contributed by atoms with Crippen LogP contribution in [0.4, 0.5) is 10.5 Å². The Morgan fingerprint density at radius 3 is 2.23 bits per heavy atom. The summed E-state index contributed by atoms with van der Waals surface area (Å²) in [5.41, 5.74) is -0.262. The lowest BCUT2D eigenvalue weighted by molar-refractivity contribution is -0.172. The maximum Gasteiger partial charge on any atom is 0.415 e. The molecule has 3 aromatic rings. The third-order valence-corrected chi connectivity index (χ3v) is 13.8. The van der Waals surface area contributed by atoms with Crippen molar-refractivity contribution < 1.29 is 33.0 Å². The molecule has 226 valence electrons. The van der Waals surface area contributed by atoms with Crippen molar-refractivity contribution in [1.82, 2.24) is 0 Å². The molecule has 1 spiro atoms. The summed E-state index contributed by atoms with van der Waals surface area (Å²) in [6, 6.07) is 26.3. The van der Waals surface area contributed by atoms with E-state index < -0.39 is 26.1 Å². The molecule has 0 bridgehead atoms. The Kier molecular flexibility index (Phi) is 8.06. The van der Waals surface area contributed by atoms with Gasteiger partial charge in [0.2, 0.25) is 0 Å². The fourth-order valence-electron chi connectivity index (χ4n) is 6.71. The molecule has 0 saturated carbocycles. The first-order valence-electron chi connectivity index (χ1n) is 15.0. The average molecular weight is 602 g/mol. The van der Waals surface area contributed by atoms with Crippen LogP contribution in [-0.2, 0) is 18.7 Å². The molecule has 9 heteroatoms. The van der Waals surface area contributed by atoms with Gasteiger partial charge in [-0.25, -0.2) is 4.79 Å². The number of fused-ring (bicyclic) bond motifs is 1. The third kappa shape index (κ3) is 5.45. The summed E-state index contributed by atoms with van der Waals surface area (Å²) in [4.78, 5) is 26.6. The van der Waals surface area contributed by atoms with E-state index in [0.29, 0.717) is 49.8 Å². The van der Waals surface area contributed by atoms with E-state index in [1.165, 1.54) is 0 Å². The van der Waals surface area contributed by atoms with Crippen molar-refractivity contribution in [3.05, 3.63) is 78.9 Å². The number of anilines is 1. The predicted octanol–water partition coefficient (Wildman–Crippen LogP) is 4.87. The molecule has 0 radical (unpaired) electrons. The van der Waals surface area contributed by atoms with Gasteiger partial charge >= 0.3 is 6.09 Å². The van der Waals surface area contributed by atoms with Crippen molar-refractivity contribution >= 4 is 36.8 Å². The summed E-state index contributed by atoms with van der Waals surface area (Å²) in [5.74, 6) is 1.27. The van der Waals surface area contributed by atoms with E-state index in [2.05, 4.69) is 69.3 Å². The molecular weight excluding hydrogens is 562 g/mol. The van der Waals surface area contributed by atoms with Gasteiger partial charge in [0.05, 0.1) is 24.9 Å². The number of rotatable bonds is 8. The first-order chi connectivity index (χ1) is 20.8. The molecule has 2 fully saturated rings. The quantitative estimate of drug-likeness (QED) is 0.269. The number of carbonyl (C=O) groups is 2. The molecular formula is C34H39NO7Si. The van der Waals surface area contributed by atoms with Gasteiger partial charge in [0.25, 0.3) is 8.32 Å². The van der Waals surface area contributed by atoms with Crippen LogP contribution < -0.4 is 24.7 Å². The average Bonchev–Trinajstić information content (AvgIpc) is 3.35. The molecule has 2 saturated heterocycles. The minimum Gasteiger partial charge on any atom is -0.486 e. The summed E-state index contributed by atoms with van der Waals surface area (Å²) in [7, 11) is -2.89. The van der Waals surface area contributed by atoms with Crippen molar-refractivity contribution in [3.63, 3.8) is 0 Å². The lowest BCUT2D eigenvalue weighted by Crippen LogP contribution is -2.68. The molecule has 0 unspecified atom stereocenters. The number of hydrogen-bond acceptors (Lipinski definition) is 7. The summed E-state index contributed by atoms with van der Waals surface area (Å²) in [6.07, 6.45) is 1.07. The van der Waals surface area contributed by atoms with E-state index >= 15 is 0 Å². The Morgan fingerprint density at radius 2 is 1.60 bits per heavy atom. The number of ether oxygens (including phenoxy) is 4. The number of hydrogen-bond donors (Lipinski definition) is 0. The monoisotopic (exact) mass is 601 g/mol. The number of benzene rings is 3. The molecule has 8 nitrogen and oxygen atoms in total. The fraction of sp³-hybridized carbons (Fsp3) is 0.412. The molecule has 3 aliphatic heterocycles. The van der Waals surface area contributed by atoms with Crippen molar-refractivity contribution in [2.24, 2.45) is 0 Å². The number of carbonyl (C=O) groups excluding carboxylic acids is 2. The van der Waals surface area contributed by atoms with Gasteiger partial charge < -0.3 is 28.2 Å². The number of aldehydes is 1. The van der Waals surface area contributed by atoms with Crippen LogP contribution in [0.5, 0.6) is 11.5 Å². The van der Waals surface area contributed by atoms with E-state index in [1.807, 2.05) is 30.3 Å². The Bertz CT molecular complexity index is 1400. The van der Waals surface area contributed by atoms with E-state index in [-0.39, 0.29) is 24.2 Å². The first-order valence-corrected chi connectivity index (χ1v) is 16.9. The lowest BCUT2D eigenvalue weighted by atomic mass is 9.86. The number of amides is 1.